The molecule has 0 bridgehead atoms. The minimum Gasteiger partial charge on any atom is -0.497 e. The highest BCUT2D eigenvalue weighted by atomic mass is 16.5. The summed E-state index contributed by atoms with van der Waals surface area (Å²) in [4.78, 5) is 16.4. The van der Waals surface area contributed by atoms with Crippen molar-refractivity contribution in [2.24, 2.45) is 0 Å². The van der Waals surface area contributed by atoms with Crippen LogP contribution in [-0.2, 0) is 6.54 Å². The van der Waals surface area contributed by atoms with Crippen molar-refractivity contribution < 1.29 is 9.53 Å². The number of benzene rings is 2. The van der Waals surface area contributed by atoms with Gasteiger partial charge in [-0.3, -0.25) is 4.79 Å². The summed E-state index contributed by atoms with van der Waals surface area (Å²) >= 11 is 0. The zero-order chi connectivity index (χ0) is 19.1. The Morgan fingerprint density at radius 1 is 1.04 bits per heavy atom. The highest BCUT2D eigenvalue weighted by molar-refractivity contribution is 5.92. The van der Waals surface area contributed by atoms with Gasteiger partial charge in [0.2, 0.25) is 0 Å². The molecule has 6 nitrogen and oxygen atoms in total. The van der Waals surface area contributed by atoms with Crippen LogP contribution in [0.3, 0.4) is 0 Å². The molecule has 1 heterocycles. The average molecular weight is 358 g/mol. The van der Waals surface area contributed by atoms with Crippen molar-refractivity contribution in [1.29, 1.82) is 5.26 Å². The molecule has 1 aromatic heterocycles. The fourth-order valence-electron chi connectivity index (χ4n) is 2.41. The van der Waals surface area contributed by atoms with E-state index in [0.717, 1.165) is 22.7 Å². The van der Waals surface area contributed by atoms with E-state index >= 15 is 0 Å². The lowest BCUT2D eigenvalue weighted by Gasteiger charge is -2.08. The van der Waals surface area contributed by atoms with Crippen LogP contribution in [0.5, 0.6) is 5.75 Å². The molecule has 2 aromatic carbocycles. The zero-order valence-corrected chi connectivity index (χ0v) is 14.8. The highest BCUT2D eigenvalue weighted by Crippen LogP contribution is 2.16. The quantitative estimate of drug-likeness (QED) is 0.702. The van der Waals surface area contributed by atoms with Crippen LogP contribution in [-0.4, -0.2) is 18.0 Å². The van der Waals surface area contributed by atoms with E-state index in [1.165, 1.54) is 0 Å². The van der Waals surface area contributed by atoms with Crippen LogP contribution >= 0.6 is 0 Å². The number of ether oxygens (including phenoxy) is 1. The van der Waals surface area contributed by atoms with Crippen molar-refractivity contribution in [3.8, 4) is 11.8 Å². The van der Waals surface area contributed by atoms with Gasteiger partial charge in [-0.25, -0.2) is 4.98 Å². The predicted molar refractivity (Wildman–Crippen MR) is 103 cm³/mol. The van der Waals surface area contributed by atoms with Gasteiger partial charge in [0.15, 0.2) is 0 Å². The van der Waals surface area contributed by atoms with Crippen molar-refractivity contribution in [2.45, 2.75) is 6.54 Å². The maximum atomic E-state index is 12.2. The first-order valence-electron chi connectivity index (χ1n) is 8.32. The van der Waals surface area contributed by atoms with Crippen molar-refractivity contribution in [3.05, 3.63) is 83.7 Å². The van der Waals surface area contributed by atoms with E-state index in [-0.39, 0.29) is 5.91 Å². The van der Waals surface area contributed by atoms with Crippen molar-refractivity contribution >= 4 is 17.3 Å². The van der Waals surface area contributed by atoms with E-state index in [4.69, 9.17) is 10.00 Å². The molecule has 0 unspecified atom stereocenters. The Bertz CT molecular complexity index is 943. The van der Waals surface area contributed by atoms with Gasteiger partial charge in [-0.2, -0.15) is 5.26 Å². The van der Waals surface area contributed by atoms with Gasteiger partial charge >= 0.3 is 0 Å². The van der Waals surface area contributed by atoms with Crippen LogP contribution in [0.4, 0.5) is 11.4 Å². The van der Waals surface area contributed by atoms with Crippen LogP contribution < -0.4 is 15.4 Å². The molecule has 3 rings (SSSR count). The van der Waals surface area contributed by atoms with Crippen molar-refractivity contribution in [2.75, 3.05) is 12.4 Å². The predicted octanol–water partition coefficient (Wildman–Crippen LogP) is 3.64. The maximum absolute atomic E-state index is 12.2. The Kier molecular flexibility index (Phi) is 5.65. The molecule has 0 aliphatic heterocycles. The Morgan fingerprint density at radius 2 is 1.74 bits per heavy atom. The van der Waals surface area contributed by atoms with Gasteiger partial charge in [-0.15, -0.1) is 0 Å². The fourth-order valence-corrected chi connectivity index (χ4v) is 2.41. The third kappa shape index (κ3) is 4.83. The van der Waals surface area contributed by atoms with Gasteiger partial charge in [0, 0.05) is 12.2 Å². The molecule has 0 atom stereocenters. The lowest BCUT2D eigenvalue weighted by molar-refractivity contribution is 0.0946. The number of methoxy groups -OCH3 is 1. The number of anilines is 2. The second kappa shape index (κ2) is 8.50. The van der Waals surface area contributed by atoms with Gasteiger partial charge < -0.3 is 15.4 Å². The maximum Gasteiger partial charge on any atom is 0.270 e. The van der Waals surface area contributed by atoms with Gasteiger partial charge in [0.1, 0.15) is 11.4 Å². The van der Waals surface area contributed by atoms with E-state index < -0.39 is 0 Å². The molecular formula is C21H18N4O2. The van der Waals surface area contributed by atoms with E-state index in [1.54, 1.807) is 37.6 Å². The van der Waals surface area contributed by atoms with Gasteiger partial charge in [0.05, 0.1) is 30.6 Å². The Balaban J connectivity index is 1.56. The van der Waals surface area contributed by atoms with Crippen LogP contribution in [0.1, 0.15) is 21.6 Å². The van der Waals surface area contributed by atoms with Crippen LogP contribution in [0.2, 0.25) is 0 Å². The smallest absolute Gasteiger partial charge is 0.270 e. The number of nitriles is 1. The molecule has 0 fully saturated rings. The molecule has 0 radical (unpaired) electrons. The number of hydrogen-bond acceptors (Lipinski definition) is 5. The number of rotatable bonds is 6. The molecule has 6 heteroatoms. The molecular weight excluding hydrogens is 340 g/mol. The molecule has 0 aliphatic rings. The summed E-state index contributed by atoms with van der Waals surface area (Å²) in [6, 6.07) is 20.1. The van der Waals surface area contributed by atoms with Crippen LogP contribution in [0.15, 0.2) is 66.9 Å². The first kappa shape index (κ1) is 18.0. The number of nitrogens with one attached hydrogen (secondary N) is 2. The second-order valence-electron chi connectivity index (χ2n) is 5.78. The SMILES string of the molecule is COc1ccc(CNC(=O)c2ccc(Nc3ccc(C#N)cc3)cn2)cc1. The summed E-state index contributed by atoms with van der Waals surface area (Å²) in [5, 5.41) is 14.8. The Labute approximate surface area is 157 Å². The topological polar surface area (TPSA) is 87.0 Å². The number of nitrogens with zero attached hydrogens (tertiary/aromatic N) is 2. The molecule has 0 spiro atoms. The largest absolute Gasteiger partial charge is 0.497 e. The lowest BCUT2D eigenvalue weighted by atomic mass is 10.2. The summed E-state index contributed by atoms with van der Waals surface area (Å²) in [6.07, 6.45) is 1.60. The van der Waals surface area contributed by atoms with E-state index in [1.807, 2.05) is 36.4 Å². The van der Waals surface area contributed by atoms with Gasteiger partial charge in [0.25, 0.3) is 5.91 Å². The third-order valence-corrected chi connectivity index (χ3v) is 3.91. The first-order valence-corrected chi connectivity index (χ1v) is 8.32. The van der Waals surface area contributed by atoms with Gasteiger partial charge in [-0.05, 0) is 54.1 Å². The molecule has 3 aromatic rings. The normalized spacial score (nSPS) is 9.93. The first-order chi connectivity index (χ1) is 13.2. The standard InChI is InChI=1S/C21H18N4O2/c1-27-19-9-4-16(5-10-19)13-24-21(26)20-11-8-18(14-23-20)25-17-6-2-15(12-22)3-7-17/h2-11,14,25H,13H2,1H3,(H,24,26). The Morgan fingerprint density at radius 3 is 2.33 bits per heavy atom. The summed E-state index contributed by atoms with van der Waals surface area (Å²) in [5.74, 6) is 0.535. The van der Waals surface area contributed by atoms with Crippen molar-refractivity contribution in [3.63, 3.8) is 0 Å². The fraction of sp³-hybridized carbons (Fsp3) is 0.0952. The molecule has 1 amide bonds. The summed E-state index contributed by atoms with van der Waals surface area (Å²) < 4.78 is 5.11. The third-order valence-electron chi connectivity index (χ3n) is 3.91. The average Bonchev–Trinajstić information content (AvgIpc) is 2.73. The molecule has 0 aliphatic carbocycles. The van der Waals surface area contributed by atoms with E-state index in [0.29, 0.717) is 17.8 Å². The zero-order valence-electron chi connectivity index (χ0n) is 14.8. The molecule has 0 saturated heterocycles. The summed E-state index contributed by atoms with van der Waals surface area (Å²) in [5.41, 5.74) is 3.51. The monoisotopic (exact) mass is 358 g/mol. The molecule has 0 saturated carbocycles. The van der Waals surface area contributed by atoms with E-state index in [9.17, 15) is 4.79 Å². The summed E-state index contributed by atoms with van der Waals surface area (Å²) in [6.45, 7) is 0.412. The van der Waals surface area contributed by atoms with Crippen LogP contribution in [0.25, 0.3) is 0 Å². The number of hydrogen-bond donors (Lipinski definition) is 2. The molecule has 27 heavy (non-hydrogen) atoms. The Hall–Kier alpha value is -3.85. The number of amides is 1. The van der Waals surface area contributed by atoms with Crippen molar-refractivity contribution in [1.82, 2.24) is 10.3 Å². The van der Waals surface area contributed by atoms with E-state index in [2.05, 4.69) is 21.7 Å². The number of aromatic nitrogens is 1. The number of pyridine rings is 1. The highest BCUT2D eigenvalue weighted by Gasteiger charge is 2.07. The lowest BCUT2D eigenvalue weighted by Crippen LogP contribution is -2.23. The number of carbonyl (C=O) groups is 1. The minimum atomic E-state index is -0.240. The number of carbonyl (C=O) groups excluding carboxylic acids is 1. The second-order valence-corrected chi connectivity index (χ2v) is 5.78. The van der Waals surface area contributed by atoms with Crippen LogP contribution in [0, 0.1) is 11.3 Å². The molecule has 134 valence electrons. The minimum absolute atomic E-state index is 0.240. The molecule has 2 N–H and O–H groups in total. The summed E-state index contributed by atoms with van der Waals surface area (Å²) in [7, 11) is 1.61. The van der Waals surface area contributed by atoms with Gasteiger partial charge in [-0.1, -0.05) is 12.1 Å².